The van der Waals surface area contributed by atoms with E-state index in [1.165, 1.54) is 5.56 Å². The van der Waals surface area contributed by atoms with Gasteiger partial charge in [-0.15, -0.1) is 0 Å². The molecule has 5 heteroatoms. The van der Waals surface area contributed by atoms with Crippen molar-refractivity contribution in [1.29, 1.82) is 0 Å². The zero-order valence-corrected chi connectivity index (χ0v) is 13.7. The smallest absolute Gasteiger partial charge is 0.0721 e. The molecule has 0 amide bonds. The molecule has 0 N–H and O–H groups in total. The third-order valence-electron chi connectivity index (χ3n) is 4.26. The maximum absolute atomic E-state index is 8.79. The third kappa shape index (κ3) is 4.83. The van der Waals surface area contributed by atoms with Gasteiger partial charge in [-0.2, -0.15) is 0 Å². The Morgan fingerprint density at radius 1 is 1.00 bits per heavy atom. The number of piperidine rings is 1. The van der Waals surface area contributed by atoms with E-state index in [1.807, 2.05) is 36.4 Å². The average Bonchev–Trinajstić information content (AvgIpc) is 2.62. The fourth-order valence-corrected chi connectivity index (χ4v) is 3.15. The topological polar surface area (TPSA) is 61.2 Å². The quantitative estimate of drug-likeness (QED) is 0.455. The highest BCUT2D eigenvalue weighted by molar-refractivity contribution is 5.15. The van der Waals surface area contributed by atoms with Crippen LogP contribution < -0.4 is 0 Å². The van der Waals surface area contributed by atoms with Crippen LogP contribution in [0.2, 0.25) is 0 Å². The third-order valence-corrected chi connectivity index (χ3v) is 4.26. The van der Waals surface area contributed by atoms with Gasteiger partial charge in [-0.05, 0) is 23.1 Å². The van der Waals surface area contributed by atoms with Crippen molar-refractivity contribution in [1.82, 2.24) is 4.90 Å². The first kappa shape index (κ1) is 16.5. The fraction of sp³-hybridized carbons (Fsp3) is 0.368. The van der Waals surface area contributed by atoms with Crippen LogP contribution in [0.1, 0.15) is 17.5 Å². The lowest BCUT2D eigenvalue weighted by atomic mass is 10.0. The van der Waals surface area contributed by atoms with E-state index in [0.29, 0.717) is 6.61 Å². The Bertz CT molecular complexity index is 670. The van der Waals surface area contributed by atoms with Crippen LogP contribution in [0.3, 0.4) is 0 Å². The average molecular weight is 322 g/mol. The van der Waals surface area contributed by atoms with E-state index < -0.39 is 0 Å². The van der Waals surface area contributed by atoms with Crippen molar-refractivity contribution < 1.29 is 4.74 Å². The van der Waals surface area contributed by atoms with E-state index in [2.05, 4.69) is 39.2 Å². The molecule has 1 heterocycles. The summed E-state index contributed by atoms with van der Waals surface area (Å²) >= 11 is 0. The zero-order valence-electron chi connectivity index (χ0n) is 13.7. The molecule has 0 unspecified atom stereocenters. The van der Waals surface area contributed by atoms with Gasteiger partial charge in [-0.25, -0.2) is 0 Å². The predicted molar refractivity (Wildman–Crippen MR) is 94.3 cm³/mol. The number of rotatable bonds is 6. The summed E-state index contributed by atoms with van der Waals surface area (Å²) in [6, 6.07) is 20.5. The van der Waals surface area contributed by atoms with Gasteiger partial charge in [-0.3, -0.25) is 4.90 Å². The lowest BCUT2D eigenvalue weighted by Crippen LogP contribution is -2.45. The fourth-order valence-electron chi connectivity index (χ4n) is 3.15. The molecule has 1 fully saturated rings. The van der Waals surface area contributed by atoms with E-state index in [0.717, 1.165) is 31.6 Å². The van der Waals surface area contributed by atoms with Gasteiger partial charge < -0.3 is 4.74 Å². The highest BCUT2D eigenvalue weighted by atomic mass is 16.5. The summed E-state index contributed by atoms with van der Waals surface area (Å²) < 4.78 is 6.09. The molecule has 0 spiro atoms. The minimum absolute atomic E-state index is 0.0340. The number of nitrogens with zero attached hydrogens (tertiary/aromatic N) is 4. The molecule has 0 aliphatic carbocycles. The molecule has 3 rings (SSSR count). The molecule has 0 aromatic heterocycles. The second-order valence-corrected chi connectivity index (χ2v) is 6.19. The van der Waals surface area contributed by atoms with Crippen LogP contribution >= 0.6 is 0 Å². The van der Waals surface area contributed by atoms with Crippen molar-refractivity contribution in [2.75, 3.05) is 13.1 Å². The van der Waals surface area contributed by atoms with E-state index in [1.54, 1.807) is 0 Å². The zero-order chi connectivity index (χ0) is 16.6. The number of hydrogen-bond acceptors (Lipinski definition) is 3. The molecule has 24 heavy (non-hydrogen) atoms. The summed E-state index contributed by atoms with van der Waals surface area (Å²) in [7, 11) is 0. The predicted octanol–water partition coefficient (Wildman–Crippen LogP) is 4.16. The SMILES string of the molecule is [N-]=[N+]=N[C@@H]1C[C@@H](OCc2ccccc2)CN(Cc2ccccc2)C1. The van der Waals surface area contributed by atoms with Gasteiger partial charge in [0.05, 0.1) is 18.8 Å². The first-order chi connectivity index (χ1) is 11.8. The normalized spacial score (nSPS) is 21.2. The van der Waals surface area contributed by atoms with Crippen LogP contribution in [-0.2, 0) is 17.9 Å². The molecule has 2 atom stereocenters. The lowest BCUT2D eigenvalue weighted by Gasteiger charge is -2.36. The van der Waals surface area contributed by atoms with Crippen molar-refractivity contribution >= 4 is 0 Å². The van der Waals surface area contributed by atoms with Crippen LogP contribution in [0.25, 0.3) is 10.4 Å². The van der Waals surface area contributed by atoms with Crippen LogP contribution in [0, 0.1) is 0 Å². The van der Waals surface area contributed by atoms with E-state index in [4.69, 9.17) is 10.3 Å². The van der Waals surface area contributed by atoms with Gasteiger partial charge in [0, 0.05) is 24.5 Å². The molecule has 2 aromatic rings. The van der Waals surface area contributed by atoms with Gasteiger partial charge in [0.25, 0.3) is 0 Å². The number of likely N-dealkylation sites (tertiary alicyclic amines) is 1. The molecule has 1 saturated heterocycles. The van der Waals surface area contributed by atoms with Crippen molar-refractivity contribution in [2.24, 2.45) is 5.11 Å². The van der Waals surface area contributed by atoms with Crippen molar-refractivity contribution in [3.63, 3.8) is 0 Å². The Balaban J connectivity index is 1.61. The van der Waals surface area contributed by atoms with Crippen LogP contribution in [0.5, 0.6) is 0 Å². The van der Waals surface area contributed by atoms with Crippen LogP contribution in [-0.4, -0.2) is 30.1 Å². The summed E-state index contributed by atoms with van der Waals surface area (Å²) in [4.78, 5) is 5.31. The number of benzene rings is 2. The van der Waals surface area contributed by atoms with Gasteiger partial charge >= 0.3 is 0 Å². The van der Waals surface area contributed by atoms with Crippen LogP contribution in [0.4, 0.5) is 0 Å². The molecule has 124 valence electrons. The molecule has 0 bridgehead atoms. The molecule has 2 aromatic carbocycles. The molecule has 5 nitrogen and oxygen atoms in total. The standard InChI is InChI=1S/C19H22N4O/c20-22-21-18-11-19(24-15-17-9-5-2-6-10-17)14-23(13-18)12-16-7-3-1-4-8-16/h1-10,18-19H,11-15H2/t18-,19-/m1/s1. The summed E-state index contributed by atoms with van der Waals surface area (Å²) in [6.45, 7) is 3.08. The second kappa shape index (κ2) is 8.50. The van der Waals surface area contributed by atoms with E-state index in [-0.39, 0.29) is 12.1 Å². The summed E-state index contributed by atoms with van der Waals surface area (Å²) in [5, 5.41) is 3.94. The minimum Gasteiger partial charge on any atom is -0.372 e. The van der Waals surface area contributed by atoms with Gasteiger partial charge in [0.15, 0.2) is 0 Å². The van der Waals surface area contributed by atoms with Gasteiger partial charge in [0.2, 0.25) is 0 Å². The number of azide groups is 1. The summed E-state index contributed by atoms with van der Waals surface area (Å²) in [6.07, 6.45) is 0.862. The number of hydrogen-bond donors (Lipinski definition) is 0. The Kier molecular flexibility index (Phi) is 5.85. The first-order valence-electron chi connectivity index (χ1n) is 8.29. The lowest BCUT2D eigenvalue weighted by molar-refractivity contribution is -0.0179. The molecule has 1 aliphatic rings. The van der Waals surface area contributed by atoms with Crippen molar-refractivity contribution in [2.45, 2.75) is 31.7 Å². The molecule has 0 radical (unpaired) electrons. The minimum atomic E-state index is -0.0340. The molecule has 1 aliphatic heterocycles. The maximum Gasteiger partial charge on any atom is 0.0721 e. The Labute approximate surface area is 142 Å². The number of ether oxygens (including phenoxy) is 1. The Hall–Kier alpha value is -2.33. The van der Waals surface area contributed by atoms with Gasteiger partial charge in [0.1, 0.15) is 0 Å². The Morgan fingerprint density at radius 3 is 2.33 bits per heavy atom. The van der Waals surface area contributed by atoms with E-state index in [9.17, 15) is 0 Å². The summed E-state index contributed by atoms with van der Waals surface area (Å²) in [5.74, 6) is 0. The second-order valence-electron chi connectivity index (χ2n) is 6.19. The summed E-state index contributed by atoms with van der Waals surface area (Å²) in [5.41, 5.74) is 11.2. The largest absolute Gasteiger partial charge is 0.372 e. The van der Waals surface area contributed by atoms with Crippen molar-refractivity contribution in [3.8, 4) is 0 Å². The van der Waals surface area contributed by atoms with Crippen molar-refractivity contribution in [3.05, 3.63) is 82.2 Å². The monoisotopic (exact) mass is 322 g/mol. The highest BCUT2D eigenvalue weighted by Gasteiger charge is 2.27. The molecule has 0 saturated carbocycles. The van der Waals surface area contributed by atoms with E-state index >= 15 is 0 Å². The molecular formula is C19H22N4O. The highest BCUT2D eigenvalue weighted by Crippen LogP contribution is 2.20. The first-order valence-corrected chi connectivity index (χ1v) is 8.29. The van der Waals surface area contributed by atoms with Gasteiger partial charge in [-0.1, -0.05) is 65.8 Å². The van der Waals surface area contributed by atoms with Crippen LogP contribution in [0.15, 0.2) is 65.8 Å². The maximum atomic E-state index is 8.79. The molecular weight excluding hydrogens is 300 g/mol. The Morgan fingerprint density at radius 2 is 1.67 bits per heavy atom.